The van der Waals surface area contributed by atoms with Crippen LogP contribution in [-0.2, 0) is 11.0 Å². The van der Waals surface area contributed by atoms with E-state index in [1.807, 2.05) is 0 Å². The van der Waals surface area contributed by atoms with Crippen molar-refractivity contribution in [2.75, 3.05) is 11.9 Å². The van der Waals surface area contributed by atoms with Crippen molar-refractivity contribution >= 4 is 11.7 Å². The molecule has 0 fully saturated rings. The van der Waals surface area contributed by atoms with E-state index in [-0.39, 0.29) is 18.7 Å². The van der Waals surface area contributed by atoms with Gasteiger partial charge in [0.25, 0.3) is 0 Å². The van der Waals surface area contributed by atoms with Crippen LogP contribution in [0.1, 0.15) is 24.0 Å². The molecule has 0 atom stereocenters. The van der Waals surface area contributed by atoms with Crippen LogP contribution in [0.25, 0.3) is 0 Å². The van der Waals surface area contributed by atoms with Crippen LogP contribution in [-0.4, -0.2) is 17.6 Å². The zero-order valence-electron chi connectivity index (χ0n) is 9.79. The number of benzene rings is 1. The number of rotatable bonds is 5. The van der Waals surface area contributed by atoms with Gasteiger partial charge in [-0.1, -0.05) is 0 Å². The number of carbonyl (C=O) groups is 1. The van der Waals surface area contributed by atoms with Gasteiger partial charge >= 0.3 is 12.1 Å². The van der Waals surface area contributed by atoms with Gasteiger partial charge in [0.05, 0.1) is 17.2 Å². The molecule has 0 saturated heterocycles. The molecule has 0 spiro atoms. The minimum Gasteiger partial charge on any atom is -0.481 e. The van der Waals surface area contributed by atoms with Crippen LogP contribution in [0.2, 0.25) is 0 Å². The van der Waals surface area contributed by atoms with Crippen LogP contribution < -0.4 is 5.32 Å². The molecule has 0 aliphatic heterocycles. The van der Waals surface area contributed by atoms with E-state index in [0.29, 0.717) is 6.42 Å². The molecule has 102 valence electrons. The van der Waals surface area contributed by atoms with Gasteiger partial charge in [-0.2, -0.15) is 18.4 Å². The van der Waals surface area contributed by atoms with Gasteiger partial charge < -0.3 is 10.4 Å². The number of nitrogens with one attached hydrogen (secondary N) is 1. The Kier molecular flexibility index (Phi) is 4.75. The van der Waals surface area contributed by atoms with E-state index in [0.717, 1.165) is 12.1 Å². The third-order valence-electron chi connectivity index (χ3n) is 2.34. The summed E-state index contributed by atoms with van der Waals surface area (Å²) in [5, 5.41) is 19.7. The van der Waals surface area contributed by atoms with Gasteiger partial charge in [-0.3, -0.25) is 4.79 Å². The normalized spacial score (nSPS) is 10.8. The van der Waals surface area contributed by atoms with Gasteiger partial charge in [-0.15, -0.1) is 0 Å². The molecule has 1 rings (SSSR count). The quantitative estimate of drug-likeness (QED) is 0.808. The Morgan fingerprint density at radius 2 is 2.11 bits per heavy atom. The molecular formula is C12H11F3N2O2. The highest BCUT2D eigenvalue weighted by Gasteiger charge is 2.33. The summed E-state index contributed by atoms with van der Waals surface area (Å²) in [7, 11) is 0. The van der Waals surface area contributed by atoms with Crippen molar-refractivity contribution in [2.24, 2.45) is 0 Å². The lowest BCUT2D eigenvalue weighted by Crippen LogP contribution is -2.10. The van der Waals surface area contributed by atoms with Crippen LogP contribution in [0.4, 0.5) is 18.9 Å². The average Bonchev–Trinajstić information content (AvgIpc) is 2.33. The highest BCUT2D eigenvalue weighted by Crippen LogP contribution is 2.33. The van der Waals surface area contributed by atoms with Gasteiger partial charge in [-0.25, -0.2) is 0 Å². The minimum absolute atomic E-state index is 0.0601. The second-order valence-electron chi connectivity index (χ2n) is 3.79. The highest BCUT2D eigenvalue weighted by atomic mass is 19.4. The lowest BCUT2D eigenvalue weighted by atomic mass is 10.1. The summed E-state index contributed by atoms with van der Waals surface area (Å²) in [5.41, 5.74) is -1.24. The number of hydrogen-bond acceptors (Lipinski definition) is 3. The number of carboxylic acids is 1. The smallest absolute Gasteiger partial charge is 0.417 e. The summed E-state index contributed by atoms with van der Waals surface area (Å²) in [6.07, 6.45) is -4.35. The predicted molar refractivity (Wildman–Crippen MR) is 61.5 cm³/mol. The standard InChI is InChI=1S/C12H11F3N2O2/c13-12(14,15)10-6-9(4-3-8(10)7-16)17-5-1-2-11(18)19/h3-4,6,17H,1-2,5H2,(H,18,19). The zero-order chi connectivity index (χ0) is 14.5. The molecule has 0 heterocycles. The molecule has 0 aliphatic carbocycles. The fourth-order valence-corrected chi connectivity index (χ4v) is 1.46. The zero-order valence-corrected chi connectivity index (χ0v) is 9.79. The lowest BCUT2D eigenvalue weighted by Gasteiger charge is -2.12. The van der Waals surface area contributed by atoms with Crippen molar-refractivity contribution in [3.63, 3.8) is 0 Å². The Balaban J connectivity index is 2.77. The third kappa shape index (κ3) is 4.50. The first-order valence-corrected chi connectivity index (χ1v) is 5.41. The van der Waals surface area contributed by atoms with Crippen molar-refractivity contribution in [3.8, 4) is 6.07 Å². The van der Waals surface area contributed by atoms with Crippen LogP contribution in [0.5, 0.6) is 0 Å². The first kappa shape index (κ1) is 14.8. The molecule has 1 aromatic carbocycles. The SMILES string of the molecule is N#Cc1ccc(NCCCC(=O)O)cc1C(F)(F)F. The largest absolute Gasteiger partial charge is 0.481 e. The maximum Gasteiger partial charge on any atom is 0.417 e. The van der Waals surface area contributed by atoms with Crippen LogP contribution in [0, 0.1) is 11.3 Å². The third-order valence-corrected chi connectivity index (χ3v) is 2.34. The maximum absolute atomic E-state index is 12.7. The van der Waals surface area contributed by atoms with Gasteiger partial charge in [-0.05, 0) is 24.6 Å². The number of alkyl halides is 3. The highest BCUT2D eigenvalue weighted by molar-refractivity contribution is 5.66. The molecule has 19 heavy (non-hydrogen) atoms. The van der Waals surface area contributed by atoms with Crippen LogP contribution in [0.3, 0.4) is 0 Å². The second kappa shape index (κ2) is 6.09. The molecule has 0 bridgehead atoms. The number of hydrogen-bond donors (Lipinski definition) is 2. The van der Waals surface area contributed by atoms with Crippen molar-refractivity contribution in [3.05, 3.63) is 29.3 Å². The van der Waals surface area contributed by atoms with E-state index in [1.165, 1.54) is 12.1 Å². The summed E-state index contributed by atoms with van der Waals surface area (Å²) in [4.78, 5) is 10.3. The van der Waals surface area contributed by atoms with E-state index >= 15 is 0 Å². The molecule has 7 heteroatoms. The Morgan fingerprint density at radius 3 is 2.63 bits per heavy atom. The summed E-state index contributed by atoms with van der Waals surface area (Å²) in [6, 6.07) is 4.77. The lowest BCUT2D eigenvalue weighted by molar-refractivity contribution is -0.138. The van der Waals surface area contributed by atoms with E-state index in [2.05, 4.69) is 5.32 Å². The van der Waals surface area contributed by atoms with Gasteiger partial charge in [0.1, 0.15) is 0 Å². The van der Waals surface area contributed by atoms with Gasteiger partial charge in [0.2, 0.25) is 0 Å². The van der Waals surface area contributed by atoms with Crippen molar-refractivity contribution in [2.45, 2.75) is 19.0 Å². The molecule has 0 radical (unpaired) electrons. The van der Waals surface area contributed by atoms with Crippen LogP contribution >= 0.6 is 0 Å². The van der Waals surface area contributed by atoms with Gasteiger partial charge in [0.15, 0.2) is 0 Å². The van der Waals surface area contributed by atoms with Crippen molar-refractivity contribution < 1.29 is 23.1 Å². The van der Waals surface area contributed by atoms with E-state index in [1.54, 1.807) is 0 Å². The molecule has 0 unspecified atom stereocenters. The fourth-order valence-electron chi connectivity index (χ4n) is 1.46. The Labute approximate surface area is 107 Å². The van der Waals surface area contributed by atoms with E-state index in [4.69, 9.17) is 10.4 Å². The second-order valence-corrected chi connectivity index (χ2v) is 3.79. The molecule has 4 nitrogen and oxygen atoms in total. The Morgan fingerprint density at radius 1 is 1.42 bits per heavy atom. The number of anilines is 1. The van der Waals surface area contributed by atoms with Crippen molar-refractivity contribution in [1.82, 2.24) is 0 Å². The minimum atomic E-state index is -4.59. The molecule has 0 aliphatic rings. The summed E-state index contributed by atoms with van der Waals surface area (Å²) >= 11 is 0. The number of aliphatic carboxylic acids is 1. The first-order chi connectivity index (χ1) is 8.84. The topological polar surface area (TPSA) is 73.1 Å². The molecule has 0 amide bonds. The molecule has 0 aromatic heterocycles. The monoisotopic (exact) mass is 272 g/mol. The Bertz CT molecular complexity index is 507. The van der Waals surface area contributed by atoms with Crippen molar-refractivity contribution in [1.29, 1.82) is 5.26 Å². The number of carboxylic acid groups (broad SMARTS) is 1. The van der Waals surface area contributed by atoms with E-state index in [9.17, 15) is 18.0 Å². The number of nitriles is 1. The first-order valence-electron chi connectivity index (χ1n) is 5.41. The van der Waals surface area contributed by atoms with Crippen LogP contribution in [0.15, 0.2) is 18.2 Å². The summed E-state index contributed by atoms with van der Waals surface area (Å²) in [5.74, 6) is -0.961. The molecule has 2 N–H and O–H groups in total. The fraction of sp³-hybridized carbons (Fsp3) is 0.333. The predicted octanol–water partition coefficient (Wildman–Crippen LogP) is 2.85. The summed E-state index contributed by atoms with van der Waals surface area (Å²) in [6.45, 7) is 0.246. The molecule has 1 aromatic rings. The Hall–Kier alpha value is -2.23. The summed E-state index contributed by atoms with van der Waals surface area (Å²) < 4.78 is 38.0. The van der Waals surface area contributed by atoms with E-state index < -0.39 is 23.3 Å². The molecule has 0 saturated carbocycles. The maximum atomic E-state index is 12.7. The number of halogens is 3. The average molecular weight is 272 g/mol. The number of nitrogens with zero attached hydrogens (tertiary/aromatic N) is 1. The molecular weight excluding hydrogens is 261 g/mol. The van der Waals surface area contributed by atoms with Gasteiger partial charge in [0, 0.05) is 18.7 Å².